The van der Waals surface area contributed by atoms with Crippen molar-refractivity contribution >= 4 is 17.6 Å². The molecule has 0 saturated carbocycles. The van der Waals surface area contributed by atoms with Crippen molar-refractivity contribution in [2.45, 2.75) is 6.04 Å². The average molecular weight is 278 g/mol. The number of nitrogens with two attached hydrogens (primary N) is 1. The number of carbonyl (C=O) groups excluding carboxylic acids is 2. The van der Waals surface area contributed by atoms with Gasteiger partial charge in [-0.1, -0.05) is 0 Å². The van der Waals surface area contributed by atoms with Crippen molar-refractivity contribution in [3.63, 3.8) is 0 Å². The van der Waals surface area contributed by atoms with Crippen LogP contribution < -0.4 is 16.0 Å². The van der Waals surface area contributed by atoms with E-state index in [1.165, 1.54) is 17.3 Å². The molecule has 1 saturated heterocycles. The van der Waals surface area contributed by atoms with Crippen LogP contribution in [0.1, 0.15) is 10.5 Å². The molecule has 3 N–H and O–H groups in total. The topological polar surface area (TPSA) is 104 Å². The van der Waals surface area contributed by atoms with E-state index in [9.17, 15) is 9.59 Å². The van der Waals surface area contributed by atoms with Crippen LogP contribution in [0.5, 0.6) is 0 Å². The summed E-state index contributed by atoms with van der Waals surface area (Å²) in [6.45, 7) is 1.75. The third kappa shape index (κ3) is 2.69. The molecule has 0 spiro atoms. The predicted molar refractivity (Wildman–Crippen MR) is 73.2 cm³/mol. The van der Waals surface area contributed by atoms with Gasteiger partial charge in [0.1, 0.15) is 6.04 Å². The van der Waals surface area contributed by atoms with E-state index in [4.69, 9.17) is 5.73 Å². The summed E-state index contributed by atoms with van der Waals surface area (Å²) >= 11 is 0. The Hall–Kier alpha value is -2.22. The molecule has 1 aromatic rings. The number of anilines is 1. The number of carbonyl (C=O) groups is 2. The van der Waals surface area contributed by atoms with E-state index in [1.807, 2.05) is 0 Å². The zero-order valence-electron chi connectivity index (χ0n) is 11.5. The van der Waals surface area contributed by atoms with Crippen LogP contribution in [0.2, 0.25) is 0 Å². The van der Waals surface area contributed by atoms with Crippen LogP contribution in [-0.2, 0) is 4.79 Å². The summed E-state index contributed by atoms with van der Waals surface area (Å²) in [5, 5.41) is 3.17. The SMILES string of the molecule is CN(C)C(=O)C1CNCCN1c1nccnc1C(N)=O. The van der Waals surface area contributed by atoms with E-state index in [0.29, 0.717) is 25.5 Å². The molecule has 1 fully saturated rings. The largest absolute Gasteiger partial charge is 0.364 e. The first-order valence-corrected chi connectivity index (χ1v) is 6.31. The quantitative estimate of drug-likeness (QED) is 0.693. The normalized spacial score (nSPS) is 18.7. The van der Waals surface area contributed by atoms with Gasteiger partial charge in [0.25, 0.3) is 5.91 Å². The zero-order valence-corrected chi connectivity index (χ0v) is 11.5. The molecule has 1 aliphatic rings. The van der Waals surface area contributed by atoms with Crippen LogP contribution in [0.15, 0.2) is 12.4 Å². The number of hydrogen-bond acceptors (Lipinski definition) is 6. The van der Waals surface area contributed by atoms with Crippen molar-refractivity contribution in [1.29, 1.82) is 0 Å². The fourth-order valence-electron chi connectivity index (χ4n) is 2.19. The molecule has 0 aromatic carbocycles. The third-order valence-electron chi connectivity index (χ3n) is 3.15. The number of nitrogens with one attached hydrogen (secondary N) is 1. The summed E-state index contributed by atoms with van der Waals surface area (Å²) in [7, 11) is 3.39. The Morgan fingerprint density at radius 2 is 2.10 bits per heavy atom. The lowest BCUT2D eigenvalue weighted by Gasteiger charge is -2.37. The number of amides is 2. The molecule has 1 aromatic heterocycles. The molecular formula is C12H18N6O2. The van der Waals surface area contributed by atoms with Gasteiger partial charge in [-0.2, -0.15) is 0 Å². The van der Waals surface area contributed by atoms with Gasteiger partial charge in [0.15, 0.2) is 11.5 Å². The first-order chi connectivity index (χ1) is 9.52. The highest BCUT2D eigenvalue weighted by atomic mass is 16.2. The van der Waals surface area contributed by atoms with E-state index in [1.54, 1.807) is 19.0 Å². The maximum atomic E-state index is 12.2. The summed E-state index contributed by atoms with van der Waals surface area (Å²) < 4.78 is 0. The molecule has 8 nitrogen and oxygen atoms in total. The van der Waals surface area contributed by atoms with Gasteiger partial charge in [0, 0.05) is 46.1 Å². The van der Waals surface area contributed by atoms with Crippen molar-refractivity contribution in [3.05, 3.63) is 18.1 Å². The van der Waals surface area contributed by atoms with Crippen molar-refractivity contribution in [2.24, 2.45) is 5.73 Å². The lowest BCUT2D eigenvalue weighted by Crippen LogP contribution is -2.58. The number of hydrogen-bond donors (Lipinski definition) is 2. The minimum Gasteiger partial charge on any atom is -0.364 e. The Morgan fingerprint density at radius 1 is 1.40 bits per heavy atom. The van der Waals surface area contributed by atoms with Crippen LogP contribution in [0.4, 0.5) is 5.82 Å². The molecular weight excluding hydrogens is 260 g/mol. The van der Waals surface area contributed by atoms with Gasteiger partial charge >= 0.3 is 0 Å². The number of likely N-dealkylation sites (N-methyl/N-ethyl adjacent to an activating group) is 1. The van der Waals surface area contributed by atoms with Crippen LogP contribution in [0.3, 0.4) is 0 Å². The predicted octanol–water partition coefficient (Wildman–Crippen LogP) is -1.56. The molecule has 0 radical (unpaired) electrons. The van der Waals surface area contributed by atoms with Gasteiger partial charge in [-0.15, -0.1) is 0 Å². The Bertz CT molecular complexity index is 518. The molecule has 1 aliphatic heterocycles. The molecule has 20 heavy (non-hydrogen) atoms. The maximum absolute atomic E-state index is 12.2. The number of primary amides is 1. The molecule has 1 unspecified atom stereocenters. The molecule has 0 bridgehead atoms. The Kier molecular flexibility index (Phi) is 4.14. The molecule has 2 heterocycles. The van der Waals surface area contributed by atoms with E-state index in [-0.39, 0.29) is 11.6 Å². The maximum Gasteiger partial charge on any atom is 0.271 e. The van der Waals surface area contributed by atoms with Gasteiger partial charge in [-0.3, -0.25) is 9.59 Å². The lowest BCUT2D eigenvalue weighted by molar-refractivity contribution is -0.130. The zero-order chi connectivity index (χ0) is 14.7. The van der Waals surface area contributed by atoms with Crippen molar-refractivity contribution in [3.8, 4) is 0 Å². The highest BCUT2D eigenvalue weighted by Crippen LogP contribution is 2.19. The first-order valence-electron chi connectivity index (χ1n) is 6.31. The van der Waals surface area contributed by atoms with Gasteiger partial charge in [0.05, 0.1) is 0 Å². The Morgan fingerprint density at radius 3 is 2.75 bits per heavy atom. The fraction of sp³-hybridized carbons (Fsp3) is 0.500. The third-order valence-corrected chi connectivity index (χ3v) is 3.15. The highest BCUT2D eigenvalue weighted by molar-refractivity contribution is 5.96. The second-order valence-corrected chi connectivity index (χ2v) is 4.74. The van der Waals surface area contributed by atoms with E-state index in [2.05, 4.69) is 15.3 Å². The van der Waals surface area contributed by atoms with Gasteiger partial charge in [-0.05, 0) is 0 Å². The summed E-state index contributed by atoms with van der Waals surface area (Å²) in [6, 6.07) is -0.423. The van der Waals surface area contributed by atoms with Crippen LogP contribution in [-0.4, -0.2) is 66.5 Å². The van der Waals surface area contributed by atoms with E-state index >= 15 is 0 Å². The number of nitrogens with zero attached hydrogens (tertiary/aromatic N) is 4. The molecule has 108 valence electrons. The summed E-state index contributed by atoms with van der Waals surface area (Å²) in [6.07, 6.45) is 2.90. The van der Waals surface area contributed by atoms with Crippen molar-refractivity contribution in [1.82, 2.24) is 20.2 Å². The minimum absolute atomic E-state index is 0.0572. The summed E-state index contributed by atoms with van der Waals surface area (Å²) in [5.74, 6) is -0.345. The standard InChI is InChI=1S/C12H18N6O2/c1-17(2)12(20)8-7-14-5-6-18(8)11-9(10(13)19)15-3-4-16-11/h3-4,8,14H,5-7H2,1-2H3,(H2,13,19). The van der Waals surface area contributed by atoms with Gasteiger partial charge in [0.2, 0.25) is 5.91 Å². The molecule has 1 atom stereocenters. The smallest absolute Gasteiger partial charge is 0.271 e. The number of aromatic nitrogens is 2. The monoisotopic (exact) mass is 278 g/mol. The van der Waals surface area contributed by atoms with E-state index < -0.39 is 11.9 Å². The molecule has 2 rings (SSSR count). The van der Waals surface area contributed by atoms with Crippen molar-refractivity contribution in [2.75, 3.05) is 38.6 Å². The Labute approximate surface area is 117 Å². The van der Waals surface area contributed by atoms with Crippen LogP contribution in [0, 0.1) is 0 Å². The van der Waals surface area contributed by atoms with Crippen LogP contribution >= 0.6 is 0 Å². The fourth-order valence-corrected chi connectivity index (χ4v) is 2.19. The number of rotatable bonds is 3. The van der Waals surface area contributed by atoms with Gasteiger partial charge in [-0.25, -0.2) is 9.97 Å². The second kappa shape index (κ2) is 5.83. The molecule has 2 amide bonds. The lowest BCUT2D eigenvalue weighted by atomic mass is 10.1. The van der Waals surface area contributed by atoms with E-state index in [0.717, 1.165) is 0 Å². The Balaban J connectivity index is 2.38. The summed E-state index contributed by atoms with van der Waals surface area (Å²) in [5.41, 5.74) is 5.41. The average Bonchev–Trinajstić information content (AvgIpc) is 2.46. The second-order valence-electron chi connectivity index (χ2n) is 4.74. The van der Waals surface area contributed by atoms with Crippen molar-refractivity contribution < 1.29 is 9.59 Å². The number of piperazine rings is 1. The molecule has 8 heteroatoms. The van der Waals surface area contributed by atoms with Crippen LogP contribution in [0.25, 0.3) is 0 Å². The molecule has 0 aliphatic carbocycles. The van der Waals surface area contributed by atoms with Gasteiger partial charge < -0.3 is 20.9 Å². The minimum atomic E-state index is -0.650. The first kappa shape index (κ1) is 14.2. The summed E-state index contributed by atoms with van der Waals surface area (Å²) in [4.78, 5) is 35.1. The highest BCUT2D eigenvalue weighted by Gasteiger charge is 2.32.